The first-order valence-corrected chi connectivity index (χ1v) is 11.5. The van der Waals surface area contributed by atoms with Gasteiger partial charge in [0.05, 0.1) is 25.7 Å². The number of amidine groups is 1. The van der Waals surface area contributed by atoms with Crippen molar-refractivity contribution >= 4 is 34.6 Å². The predicted octanol–water partition coefficient (Wildman–Crippen LogP) is 4.72. The number of carbonyl (C=O) groups excluding carboxylic acids is 1. The average Bonchev–Trinajstić information content (AvgIpc) is 3.42. The van der Waals surface area contributed by atoms with Gasteiger partial charge < -0.3 is 14.0 Å². The number of amides is 1. The van der Waals surface area contributed by atoms with E-state index >= 15 is 0 Å². The molecule has 0 bridgehead atoms. The molecule has 1 aliphatic heterocycles. The van der Waals surface area contributed by atoms with Crippen molar-refractivity contribution < 1.29 is 18.8 Å². The molecule has 4 rings (SSSR count). The molecule has 0 saturated heterocycles. The van der Waals surface area contributed by atoms with Gasteiger partial charge >= 0.3 is 0 Å². The summed E-state index contributed by atoms with van der Waals surface area (Å²) in [6.07, 6.45) is 3.46. The third-order valence-corrected chi connectivity index (χ3v) is 5.79. The molecule has 0 fully saturated rings. The zero-order valence-corrected chi connectivity index (χ0v) is 19.5. The molecule has 2 aromatic carbocycles. The molecule has 0 aliphatic carbocycles. The van der Waals surface area contributed by atoms with Crippen LogP contribution in [0.5, 0.6) is 11.5 Å². The molecule has 170 valence electrons. The second-order valence-electron chi connectivity index (χ2n) is 7.18. The fourth-order valence-electron chi connectivity index (χ4n) is 3.23. The molecule has 0 N–H and O–H groups in total. The topological polar surface area (TPSA) is 90.0 Å². The normalized spacial score (nSPS) is 14.6. The van der Waals surface area contributed by atoms with E-state index in [-0.39, 0.29) is 5.91 Å². The van der Waals surface area contributed by atoms with Crippen molar-refractivity contribution in [1.29, 1.82) is 0 Å². The summed E-state index contributed by atoms with van der Waals surface area (Å²) in [5.41, 5.74) is 1.85. The van der Waals surface area contributed by atoms with Crippen molar-refractivity contribution in [2.24, 2.45) is 4.99 Å². The van der Waals surface area contributed by atoms with Crippen LogP contribution < -0.4 is 14.4 Å². The minimum absolute atomic E-state index is 0.223. The van der Waals surface area contributed by atoms with Gasteiger partial charge in [0, 0.05) is 12.5 Å². The van der Waals surface area contributed by atoms with E-state index in [4.69, 9.17) is 14.0 Å². The summed E-state index contributed by atoms with van der Waals surface area (Å²) in [7, 11) is 3.20. The Hall–Kier alpha value is -3.59. The highest BCUT2D eigenvalue weighted by Gasteiger charge is 2.32. The quantitative estimate of drug-likeness (QED) is 0.446. The molecular weight excluding hydrogens is 440 g/mol. The average molecular weight is 465 g/mol. The Morgan fingerprint density at radius 3 is 2.61 bits per heavy atom. The minimum Gasteiger partial charge on any atom is -0.497 e. The SMILES string of the molecule is CCCc1noc(CSC2=N/C(=C\c3ccc(OC)cc3)C(=O)N2c2cccc(OC)c2)n1. The van der Waals surface area contributed by atoms with Gasteiger partial charge in [-0.15, -0.1) is 0 Å². The first-order chi connectivity index (χ1) is 16.1. The van der Waals surface area contributed by atoms with Gasteiger partial charge in [-0.3, -0.25) is 9.69 Å². The molecule has 0 radical (unpaired) electrons. The molecule has 1 aliphatic rings. The lowest BCUT2D eigenvalue weighted by Gasteiger charge is -2.18. The summed E-state index contributed by atoms with van der Waals surface area (Å²) in [6.45, 7) is 2.06. The maximum Gasteiger partial charge on any atom is 0.283 e. The fraction of sp³-hybridized carbons (Fsp3) is 0.250. The molecule has 3 aromatic rings. The molecule has 0 atom stereocenters. The van der Waals surface area contributed by atoms with Gasteiger partial charge in [0.1, 0.15) is 17.2 Å². The lowest BCUT2D eigenvalue weighted by atomic mass is 10.2. The van der Waals surface area contributed by atoms with Crippen molar-refractivity contribution in [3.63, 3.8) is 0 Å². The highest BCUT2D eigenvalue weighted by molar-refractivity contribution is 8.13. The maximum atomic E-state index is 13.4. The number of thioether (sulfide) groups is 1. The first kappa shape index (κ1) is 22.6. The number of aromatic nitrogens is 2. The Bertz CT molecular complexity index is 1190. The number of hydrogen-bond donors (Lipinski definition) is 0. The van der Waals surface area contributed by atoms with Gasteiger partial charge in [-0.1, -0.05) is 42.0 Å². The predicted molar refractivity (Wildman–Crippen MR) is 128 cm³/mol. The van der Waals surface area contributed by atoms with E-state index in [2.05, 4.69) is 22.1 Å². The van der Waals surface area contributed by atoms with Crippen molar-refractivity contribution in [3.05, 3.63) is 71.5 Å². The maximum absolute atomic E-state index is 13.4. The van der Waals surface area contributed by atoms with Crippen LogP contribution >= 0.6 is 11.8 Å². The number of carbonyl (C=O) groups is 1. The van der Waals surface area contributed by atoms with Gasteiger partial charge in [0.25, 0.3) is 5.91 Å². The van der Waals surface area contributed by atoms with Crippen LogP contribution in [0.15, 0.2) is 63.7 Å². The van der Waals surface area contributed by atoms with Gasteiger partial charge in [-0.25, -0.2) is 4.99 Å². The molecule has 8 nitrogen and oxygen atoms in total. The van der Waals surface area contributed by atoms with Gasteiger partial charge in [0.2, 0.25) is 5.89 Å². The van der Waals surface area contributed by atoms with Crippen LogP contribution in [0.25, 0.3) is 6.08 Å². The van der Waals surface area contributed by atoms with Crippen LogP contribution in [0.1, 0.15) is 30.6 Å². The molecule has 2 heterocycles. The number of aryl methyl sites for hydroxylation is 1. The van der Waals surface area contributed by atoms with Crippen molar-refractivity contribution in [3.8, 4) is 11.5 Å². The molecule has 1 aromatic heterocycles. The molecule has 1 amide bonds. The van der Waals surface area contributed by atoms with Gasteiger partial charge in [-0.2, -0.15) is 4.98 Å². The standard InChI is InChI=1S/C24H24N4O4S/c1-4-6-21-26-22(32-27-21)15-33-24-25-20(13-16-9-11-18(30-2)12-10-16)23(29)28(24)17-7-5-8-19(14-17)31-3/h5,7-14H,4,6,15H2,1-3H3/b20-13-. The lowest BCUT2D eigenvalue weighted by molar-refractivity contribution is -0.113. The van der Waals surface area contributed by atoms with Crippen LogP contribution in [-0.4, -0.2) is 35.4 Å². The molecule has 9 heteroatoms. The van der Waals surface area contributed by atoms with E-state index in [0.717, 1.165) is 24.2 Å². The van der Waals surface area contributed by atoms with Crippen LogP contribution in [0.3, 0.4) is 0 Å². The summed E-state index contributed by atoms with van der Waals surface area (Å²) in [4.78, 5) is 24.0. The van der Waals surface area contributed by atoms with Crippen molar-refractivity contribution in [1.82, 2.24) is 10.1 Å². The van der Waals surface area contributed by atoms with Crippen LogP contribution in [0, 0.1) is 0 Å². The van der Waals surface area contributed by atoms with E-state index in [1.807, 2.05) is 42.5 Å². The van der Waals surface area contributed by atoms with Gasteiger partial charge in [-0.05, 0) is 42.3 Å². The lowest BCUT2D eigenvalue weighted by Crippen LogP contribution is -2.30. The minimum atomic E-state index is -0.223. The number of hydrogen-bond acceptors (Lipinski definition) is 8. The smallest absolute Gasteiger partial charge is 0.283 e. The second kappa shape index (κ2) is 10.4. The Morgan fingerprint density at radius 1 is 1.09 bits per heavy atom. The van der Waals surface area contributed by atoms with E-state index in [1.165, 1.54) is 11.8 Å². The summed E-state index contributed by atoms with van der Waals surface area (Å²) in [5, 5.41) is 4.52. The highest BCUT2D eigenvalue weighted by atomic mass is 32.2. The van der Waals surface area contributed by atoms with Crippen LogP contribution in [-0.2, 0) is 17.0 Å². The zero-order valence-electron chi connectivity index (χ0n) is 18.6. The largest absolute Gasteiger partial charge is 0.497 e. The molecule has 33 heavy (non-hydrogen) atoms. The van der Waals surface area contributed by atoms with E-state index in [9.17, 15) is 4.79 Å². The van der Waals surface area contributed by atoms with Crippen molar-refractivity contribution in [2.45, 2.75) is 25.5 Å². The Balaban J connectivity index is 1.63. The third kappa shape index (κ3) is 5.25. The summed E-state index contributed by atoms with van der Waals surface area (Å²) >= 11 is 1.37. The van der Waals surface area contributed by atoms with Crippen LogP contribution in [0.4, 0.5) is 5.69 Å². The summed E-state index contributed by atoms with van der Waals surface area (Å²) in [5.74, 6) is 2.75. The van der Waals surface area contributed by atoms with Crippen molar-refractivity contribution in [2.75, 3.05) is 19.1 Å². The molecule has 0 spiro atoms. The van der Waals surface area contributed by atoms with E-state index in [0.29, 0.717) is 39.8 Å². The number of benzene rings is 2. The van der Waals surface area contributed by atoms with Gasteiger partial charge in [0.15, 0.2) is 11.0 Å². The first-order valence-electron chi connectivity index (χ1n) is 10.5. The monoisotopic (exact) mass is 464 g/mol. The number of nitrogens with zero attached hydrogens (tertiary/aromatic N) is 4. The number of anilines is 1. The number of methoxy groups -OCH3 is 2. The molecule has 0 unspecified atom stereocenters. The molecular formula is C24H24N4O4S. The zero-order chi connectivity index (χ0) is 23.2. The molecule has 0 saturated carbocycles. The Kier molecular flexibility index (Phi) is 7.09. The number of aliphatic imine (C=N–C) groups is 1. The Morgan fingerprint density at radius 2 is 1.88 bits per heavy atom. The fourth-order valence-corrected chi connectivity index (χ4v) is 4.08. The number of rotatable bonds is 8. The number of ether oxygens (including phenoxy) is 2. The highest BCUT2D eigenvalue weighted by Crippen LogP contribution is 2.32. The summed E-state index contributed by atoms with van der Waals surface area (Å²) in [6, 6.07) is 14.8. The van der Waals surface area contributed by atoms with E-state index < -0.39 is 0 Å². The van der Waals surface area contributed by atoms with E-state index in [1.54, 1.807) is 31.3 Å². The summed E-state index contributed by atoms with van der Waals surface area (Å²) < 4.78 is 15.9. The third-order valence-electron chi connectivity index (χ3n) is 4.87. The van der Waals surface area contributed by atoms with Crippen LogP contribution in [0.2, 0.25) is 0 Å². The Labute approximate surface area is 196 Å². The second-order valence-corrected chi connectivity index (χ2v) is 8.12.